The van der Waals surface area contributed by atoms with E-state index in [9.17, 15) is 0 Å². The Kier molecular flexibility index (Phi) is 12.3. The van der Waals surface area contributed by atoms with Gasteiger partial charge < -0.3 is 24.8 Å². The molecule has 2 rings (SSSR count). The average molecular weight is 421 g/mol. The largest absolute Gasteiger partial charge is 0.497 e. The fourth-order valence-electron chi connectivity index (χ4n) is 3.63. The van der Waals surface area contributed by atoms with Crippen LogP contribution in [0, 0.1) is 0 Å². The van der Waals surface area contributed by atoms with E-state index < -0.39 is 0 Å². The summed E-state index contributed by atoms with van der Waals surface area (Å²) in [4.78, 5) is 7.45. The van der Waals surface area contributed by atoms with Crippen molar-refractivity contribution in [2.45, 2.75) is 38.6 Å². The highest BCUT2D eigenvalue weighted by molar-refractivity contribution is 5.79. The van der Waals surface area contributed by atoms with Gasteiger partial charge in [-0.3, -0.25) is 9.89 Å². The Morgan fingerprint density at radius 2 is 1.93 bits per heavy atom. The molecule has 1 heterocycles. The molecule has 0 aromatic heterocycles. The molecule has 0 spiro atoms. The van der Waals surface area contributed by atoms with Gasteiger partial charge in [0.1, 0.15) is 5.75 Å². The van der Waals surface area contributed by atoms with E-state index in [4.69, 9.17) is 19.2 Å². The van der Waals surface area contributed by atoms with Crippen LogP contribution >= 0.6 is 0 Å². The molecule has 2 N–H and O–H groups in total. The number of hydrogen-bond donors (Lipinski definition) is 2. The minimum atomic E-state index is 0.271. The smallest absolute Gasteiger partial charge is 0.191 e. The fourth-order valence-corrected chi connectivity index (χ4v) is 3.63. The molecule has 1 saturated heterocycles. The zero-order valence-electron chi connectivity index (χ0n) is 19.0. The van der Waals surface area contributed by atoms with E-state index in [2.05, 4.69) is 40.7 Å². The van der Waals surface area contributed by atoms with Gasteiger partial charge in [0.25, 0.3) is 0 Å². The molecule has 0 aliphatic carbocycles. The van der Waals surface area contributed by atoms with E-state index >= 15 is 0 Å². The Morgan fingerprint density at radius 1 is 1.10 bits per heavy atom. The average Bonchev–Trinajstić information content (AvgIpc) is 3.30. The molecule has 0 bridgehead atoms. The molecule has 0 saturated carbocycles. The Bertz CT molecular complexity index is 606. The van der Waals surface area contributed by atoms with E-state index in [1.807, 2.05) is 6.07 Å². The van der Waals surface area contributed by atoms with E-state index in [1.165, 1.54) is 18.4 Å². The second kappa shape index (κ2) is 15.0. The molecule has 1 aliphatic heterocycles. The molecular formula is C23H40N4O3. The first-order valence-corrected chi connectivity index (χ1v) is 11.2. The SMILES string of the molecule is CCNC(=NCC(c1cccc(OC)c1)N1CCCC1)NCCCCOCCOC. The summed E-state index contributed by atoms with van der Waals surface area (Å²) in [5.74, 6) is 1.78. The van der Waals surface area contributed by atoms with Crippen LogP contribution in [0.1, 0.15) is 44.2 Å². The Morgan fingerprint density at radius 3 is 2.67 bits per heavy atom. The number of nitrogens with one attached hydrogen (secondary N) is 2. The van der Waals surface area contributed by atoms with Crippen molar-refractivity contribution in [3.8, 4) is 5.75 Å². The molecule has 0 radical (unpaired) electrons. The number of benzene rings is 1. The first-order chi connectivity index (χ1) is 14.8. The number of rotatable bonds is 14. The summed E-state index contributed by atoms with van der Waals surface area (Å²) < 4.78 is 15.9. The quantitative estimate of drug-likeness (QED) is 0.274. The minimum absolute atomic E-state index is 0.271. The predicted octanol–water partition coefficient (Wildman–Crippen LogP) is 2.83. The Balaban J connectivity index is 1.89. The maximum atomic E-state index is 5.52. The summed E-state index contributed by atoms with van der Waals surface area (Å²) in [5.41, 5.74) is 1.27. The Labute approximate surface area is 182 Å². The summed E-state index contributed by atoms with van der Waals surface area (Å²) >= 11 is 0. The number of unbranched alkanes of at least 4 members (excludes halogenated alkanes) is 1. The topological polar surface area (TPSA) is 67.4 Å². The molecule has 170 valence electrons. The van der Waals surface area contributed by atoms with Gasteiger partial charge in [-0.15, -0.1) is 0 Å². The van der Waals surface area contributed by atoms with Crippen molar-refractivity contribution in [2.24, 2.45) is 4.99 Å². The lowest BCUT2D eigenvalue weighted by Crippen LogP contribution is -2.39. The number of likely N-dealkylation sites (tertiary alicyclic amines) is 1. The van der Waals surface area contributed by atoms with Gasteiger partial charge in [-0.1, -0.05) is 12.1 Å². The third kappa shape index (κ3) is 8.90. The van der Waals surface area contributed by atoms with Gasteiger partial charge in [-0.25, -0.2) is 0 Å². The van der Waals surface area contributed by atoms with E-state index in [0.717, 1.165) is 63.9 Å². The zero-order chi connectivity index (χ0) is 21.4. The maximum absolute atomic E-state index is 5.52. The van der Waals surface area contributed by atoms with E-state index in [-0.39, 0.29) is 6.04 Å². The maximum Gasteiger partial charge on any atom is 0.191 e. The monoisotopic (exact) mass is 420 g/mol. The lowest BCUT2D eigenvalue weighted by atomic mass is 10.1. The Hall–Kier alpha value is -1.83. The van der Waals surface area contributed by atoms with Crippen LogP contribution in [0.2, 0.25) is 0 Å². The van der Waals surface area contributed by atoms with Crippen LogP contribution in [0.3, 0.4) is 0 Å². The fraction of sp³-hybridized carbons (Fsp3) is 0.696. The van der Waals surface area contributed by atoms with E-state index in [1.54, 1.807) is 14.2 Å². The third-order valence-corrected chi connectivity index (χ3v) is 5.27. The van der Waals surface area contributed by atoms with E-state index in [0.29, 0.717) is 13.2 Å². The van der Waals surface area contributed by atoms with Crippen molar-refractivity contribution in [1.29, 1.82) is 0 Å². The van der Waals surface area contributed by atoms with Gasteiger partial charge in [0.05, 0.1) is 32.9 Å². The minimum Gasteiger partial charge on any atom is -0.497 e. The number of ether oxygens (including phenoxy) is 3. The molecule has 1 atom stereocenters. The van der Waals surface area contributed by atoms with Crippen LogP contribution in [-0.4, -0.2) is 77.6 Å². The molecule has 1 aliphatic rings. The highest BCUT2D eigenvalue weighted by atomic mass is 16.5. The standard InChI is InChI=1S/C23H40N4O3/c1-4-24-23(25-12-5-8-15-30-17-16-28-2)26-19-22(27-13-6-7-14-27)20-10-9-11-21(18-20)29-3/h9-11,18,22H,4-8,12-17,19H2,1-3H3,(H2,24,25,26). The third-order valence-electron chi connectivity index (χ3n) is 5.27. The molecule has 0 amide bonds. The normalized spacial score (nSPS) is 15.9. The van der Waals surface area contributed by atoms with Crippen LogP contribution in [0.25, 0.3) is 0 Å². The zero-order valence-corrected chi connectivity index (χ0v) is 19.0. The van der Waals surface area contributed by atoms with Crippen molar-refractivity contribution in [3.63, 3.8) is 0 Å². The number of nitrogens with zero attached hydrogens (tertiary/aromatic N) is 2. The number of guanidine groups is 1. The molecule has 1 fully saturated rings. The molecule has 7 nitrogen and oxygen atoms in total. The molecular weight excluding hydrogens is 380 g/mol. The van der Waals surface area contributed by atoms with Crippen molar-refractivity contribution in [3.05, 3.63) is 29.8 Å². The molecule has 1 unspecified atom stereocenters. The summed E-state index contributed by atoms with van der Waals surface area (Å²) in [6.45, 7) is 8.90. The van der Waals surface area contributed by atoms with Crippen LogP contribution in [0.15, 0.2) is 29.3 Å². The summed E-state index contributed by atoms with van der Waals surface area (Å²) in [6.07, 6.45) is 4.59. The van der Waals surface area contributed by atoms with Crippen molar-refractivity contribution in [2.75, 3.05) is 66.8 Å². The molecule has 1 aromatic carbocycles. The highest BCUT2D eigenvalue weighted by Gasteiger charge is 2.23. The lowest BCUT2D eigenvalue weighted by molar-refractivity contribution is 0.0689. The molecule has 30 heavy (non-hydrogen) atoms. The second-order valence-electron chi connectivity index (χ2n) is 7.49. The first-order valence-electron chi connectivity index (χ1n) is 11.2. The van der Waals surface area contributed by atoms with Crippen LogP contribution < -0.4 is 15.4 Å². The van der Waals surface area contributed by atoms with Crippen LogP contribution in [0.5, 0.6) is 5.75 Å². The van der Waals surface area contributed by atoms with Gasteiger partial charge in [0.15, 0.2) is 5.96 Å². The number of aliphatic imine (C=N–C) groups is 1. The summed E-state index contributed by atoms with van der Waals surface area (Å²) in [7, 11) is 3.41. The second-order valence-corrected chi connectivity index (χ2v) is 7.49. The lowest BCUT2D eigenvalue weighted by Gasteiger charge is -2.27. The highest BCUT2D eigenvalue weighted by Crippen LogP contribution is 2.27. The summed E-state index contributed by atoms with van der Waals surface area (Å²) in [6, 6.07) is 8.66. The van der Waals surface area contributed by atoms with Crippen molar-refractivity contribution in [1.82, 2.24) is 15.5 Å². The van der Waals surface area contributed by atoms with Gasteiger partial charge in [0.2, 0.25) is 0 Å². The van der Waals surface area contributed by atoms with Gasteiger partial charge in [-0.2, -0.15) is 0 Å². The molecule has 1 aromatic rings. The van der Waals surface area contributed by atoms with Crippen molar-refractivity contribution >= 4 is 5.96 Å². The van der Waals surface area contributed by atoms with Crippen LogP contribution in [-0.2, 0) is 9.47 Å². The summed E-state index contributed by atoms with van der Waals surface area (Å²) in [5, 5.41) is 6.83. The van der Waals surface area contributed by atoms with Gasteiger partial charge >= 0.3 is 0 Å². The first kappa shape index (κ1) is 24.4. The van der Waals surface area contributed by atoms with Crippen molar-refractivity contribution < 1.29 is 14.2 Å². The predicted molar refractivity (Wildman–Crippen MR) is 122 cm³/mol. The van der Waals surface area contributed by atoms with Gasteiger partial charge in [-0.05, 0) is 63.4 Å². The van der Waals surface area contributed by atoms with Gasteiger partial charge in [0, 0.05) is 26.8 Å². The number of hydrogen-bond acceptors (Lipinski definition) is 5. The van der Waals surface area contributed by atoms with Crippen LogP contribution in [0.4, 0.5) is 0 Å². The number of methoxy groups -OCH3 is 2. The molecule has 7 heteroatoms.